The fourth-order valence-electron chi connectivity index (χ4n) is 3.13. The number of piperidine rings is 1. The summed E-state index contributed by atoms with van der Waals surface area (Å²) < 4.78 is 1.83. The molecule has 1 saturated heterocycles. The lowest BCUT2D eigenvalue weighted by Gasteiger charge is -2.32. The predicted octanol–water partition coefficient (Wildman–Crippen LogP) is 1.31. The number of rotatable bonds is 3. The summed E-state index contributed by atoms with van der Waals surface area (Å²) in [6.45, 7) is 6.03. The van der Waals surface area contributed by atoms with E-state index < -0.39 is 0 Å². The van der Waals surface area contributed by atoms with E-state index in [9.17, 15) is 9.59 Å². The van der Waals surface area contributed by atoms with Gasteiger partial charge < -0.3 is 9.88 Å². The molecular weight excluding hydrogens is 294 g/mol. The van der Waals surface area contributed by atoms with Gasteiger partial charge in [-0.25, -0.2) is 9.78 Å². The number of nitrogens with one attached hydrogen (secondary N) is 1. The number of likely N-dealkylation sites (tertiary alicyclic amines) is 1. The summed E-state index contributed by atoms with van der Waals surface area (Å²) in [5, 5.41) is 4.37. The smallest absolute Gasteiger partial charge is 0.337 e. The molecule has 122 valence electrons. The van der Waals surface area contributed by atoms with E-state index in [0.29, 0.717) is 12.2 Å². The number of aromatic nitrogens is 4. The second-order valence-electron chi connectivity index (χ2n) is 5.91. The minimum atomic E-state index is -0.344. The van der Waals surface area contributed by atoms with E-state index in [-0.39, 0.29) is 17.5 Å². The molecule has 7 nitrogen and oxygen atoms in total. The average Bonchev–Trinajstić information content (AvgIpc) is 2.95. The lowest BCUT2D eigenvalue weighted by Crippen LogP contribution is -2.39. The predicted molar refractivity (Wildman–Crippen MR) is 85.4 cm³/mol. The molecule has 1 atom stereocenters. The van der Waals surface area contributed by atoms with E-state index in [0.717, 1.165) is 37.3 Å². The van der Waals surface area contributed by atoms with Crippen LogP contribution in [-0.2, 0) is 6.54 Å². The fraction of sp³-hybridized carbons (Fsp3) is 0.500. The molecule has 0 unspecified atom stereocenters. The molecule has 0 radical (unpaired) electrons. The van der Waals surface area contributed by atoms with Crippen molar-refractivity contribution < 1.29 is 4.79 Å². The van der Waals surface area contributed by atoms with E-state index in [1.165, 1.54) is 6.20 Å². The third-order valence-corrected chi connectivity index (χ3v) is 4.35. The Morgan fingerprint density at radius 3 is 3.00 bits per heavy atom. The zero-order valence-electron chi connectivity index (χ0n) is 13.5. The van der Waals surface area contributed by atoms with Crippen molar-refractivity contribution in [3.05, 3.63) is 45.9 Å². The zero-order chi connectivity index (χ0) is 16.4. The number of carbonyl (C=O) groups is 1. The minimum absolute atomic E-state index is 0.0404. The SMILES string of the molecule is CCn1nc(C(=O)N2CCC[C@@H](c3ccnc(=O)[nH]3)C2)cc1C. The summed E-state index contributed by atoms with van der Waals surface area (Å²) in [7, 11) is 0. The van der Waals surface area contributed by atoms with E-state index >= 15 is 0 Å². The molecule has 1 amide bonds. The van der Waals surface area contributed by atoms with E-state index in [1.807, 2.05) is 35.6 Å². The number of nitrogens with zero attached hydrogens (tertiary/aromatic N) is 4. The molecule has 0 aromatic carbocycles. The Hall–Kier alpha value is -2.44. The molecule has 1 N–H and O–H groups in total. The van der Waals surface area contributed by atoms with Crippen molar-refractivity contribution in [3.63, 3.8) is 0 Å². The summed E-state index contributed by atoms with van der Waals surface area (Å²) in [4.78, 5) is 32.3. The number of aromatic amines is 1. The number of hydrogen-bond acceptors (Lipinski definition) is 4. The van der Waals surface area contributed by atoms with E-state index in [4.69, 9.17) is 0 Å². The van der Waals surface area contributed by atoms with Gasteiger partial charge in [0.05, 0.1) is 0 Å². The van der Waals surface area contributed by atoms with Crippen molar-refractivity contribution in [2.45, 2.75) is 39.2 Å². The van der Waals surface area contributed by atoms with Gasteiger partial charge in [0.15, 0.2) is 5.69 Å². The summed E-state index contributed by atoms with van der Waals surface area (Å²) in [6.07, 6.45) is 3.38. The molecule has 2 aromatic heterocycles. The number of amides is 1. The van der Waals surface area contributed by atoms with E-state index in [2.05, 4.69) is 15.1 Å². The molecule has 0 spiro atoms. The standard InChI is InChI=1S/C16H21N5O2/c1-3-21-11(2)9-14(19-21)15(22)20-8-4-5-12(10-20)13-6-7-17-16(23)18-13/h6-7,9,12H,3-5,8,10H2,1-2H3,(H,17,18,23)/t12-/m1/s1. The number of carbonyl (C=O) groups excluding carboxylic acids is 1. The topological polar surface area (TPSA) is 83.9 Å². The second-order valence-corrected chi connectivity index (χ2v) is 5.91. The zero-order valence-corrected chi connectivity index (χ0v) is 13.5. The van der Waals surface area contributed by atoms with Gasteiger partial charge in [-0.1, -0.05) is 0 Å². The third kappa shape index (κ3) is 3.18. The Bertz CT molecular complexity index is 764. The highest BCUT2D eigenvalue weighted by Crippen LogP contribution is 2.25. The van der Waals surface area contributed by atoms with Crippen molar-refractivity contribution in [3.8, 4) is 0 Å². The Balaban J connectivity index is 1.77. The Morgan fingerprint density at radius 2 is 2.30 bits per heavy atom. The summed E-state index contributed by atoms with van der Waals surface area (Å²) in [5.74, 6) is 0.0964. The van der Waals surface area contributed by atoms with Crippen LogP contribution in [0.3, 0.4) is 0 Å². The average molecular weight is 315 g/mol. The van der Waals surface area contributed by atoms with Crippen molar-refractivity contribution in [2.75, 3.05) is 13.1 Å². The maximum Gasteiger partial charge on any atom is 0.345 e. The van der Waals surface area contributed by atoms with Gasteiger partial charge in [0, 0.05) is 43.1 Å². The summed E-state index contributed by atoms with van der Waals surface area (Å²) >= 11 is 0. The molecule has 1 fully saturated rings. The molecule has 3 heterocycles. The molecule has 2 aromatic rings. The third-order valence-electron chi connectivity index (χ3n) is 4.35. The van der Waals surface area contributed by atoms with Crippen molar-refractivity contribution in [1.29, 1.82) is 0 Å². The highest BCUT2D eigenvalue weighted by Gasteiger charge is 2.27. The van der Waals surface area contributed by atoms with Crippen LogP contribution in [0.15, 0.2) is 23.1 Å². The van der Waals surface area contributed by atoms with Gasteiger partial charge in [-0.2, -0.15) is 5.10 Å². The van der Waals surface area contributed by atoms with Gasteiger partial charge in [-0.3, -0.25) is 9.48 Å². The number of H-pyrrole nitrogens is 1. The van der Waals surface area contributed by atoms with Gasteiger partial charge in [-0.15, -0.1) is 0 Å². The maximum absolute atomic E-state index is 12.7. The van der Waals surface area contributed by atoms with Crippen LogP contribution >= 0.6 is 0 Å². The van der Waals surface area contributed by atoms with Crippen LogP contribution in [0.5, 0.6) is 0 Å². The monoisotopic (exact) mass is 315 g/mol. The van der Waals surface area contributed by atoms with Crippen LogP contribution < -0.4 is 5.69 Å². The molecule has 0 aliphatic carbocycles. The first-order chi connectivity index (χ1) is 11.1. The van der Waals surface area contributed by atoms with Crippen LogP contribution in [0.4, 0.5) is 0 Å². The first kappa shape index (κ1) is 15.5. The van der Waals surface area contributed by atoms with Gasteiger partial charge in [0.25, 0.3) is 5.91 Å². The first-order valence-electron chi connectivity index (χ1n) is 7.97. The molecule has 1 aliphatic rings. The molecule has 3 rings (SSSR count). The second kappa shape index (κ2) is 6.36. The minimum Gasteiger partial charge on any atom is -0.337 e. The lowest BCUT2D eigenvalue weighted by molar-refractivity contribution is 0.0699. The highest BCUT2D eigenvalue weighted by molar-refractivity contribution is 5.92. The van der Waals surface area contributed by atoms with Crippen LogP contribution in [0.1, 0.15) is 47.6 Å². The summed E-state index contributed by atoms with van der Waals surface area (Å²) in [5.41, 5.74) is 1.98. The van der Waals surface area contributed by atoms with Gasteiger partial charge in [0.2, 0.25) is 0 Å². The highest BCUT2D eigenvalue weighted by atomic mass is 16.2. The molecule has 7 heteroatoms. The van der Waals surface area contributed by atoms with Crippen molar-refractivity contribution in [1.82, 2.24) is 24.6 Å². The van der Waals surface area contributed by atoms with E-state index in [1.54, 1.807) is 0 Å². The largest absolute Gasteiger partial charge is 0.345 e. The van der Waals surface area contributed by atoms with Crippen molar-refractivity contribution in [2.24, 2.45) is 0 Å². The quantitative estimate of drug-likeness (QED) is 0.925. The molecule has 0 saturated carbocycles. The van der Waals surface area contributed by atoms with Crippen LogP contribution in [0, 0.1) is 6.92 Å². The van der Waals surface area contributed by atoms with Crippen LogP contribution in [0.25, 0.3) is 0 Å². The van der Waals surface area contributed by atoms with Crippen LogP contribution in [-0.4, -0.2) is 43.6 Å². The number of aryl methyl sites for hydroxylation is 2. The normalized spacial score (nSPS) is 18.2. The lowest BCUT2D eigenvalue weighted by atomic mass is 9.94. The van der Waals surface area contributed by atoms with Gasteiger partial charge in [0.1, 0.15) is 0 Å². The van der Waals surface area contributed by atoms with Crippen LogP contribution in [0.2, 0.25) is 0 Å². The van der Waals surface area contributed by atoms with Gasteiger partial charge in [-0.05, 0) is 38.8 Å². The Labute approximate surface area is 134 Å². The Morgan fingerprint density at radius 1 is 1.48 bits per heavy atom. The number of hydrogen-bond donors (Lipinski definition) is 1. The fourth-order valence-corrected chi connectivity index (χ4v) is 3.13. The first-order valence-corrected chi connectivity index (χ1v) is 7.97. The Kier molecular flexibility index (Phi) is 4.27. The maximum atomic E-state index is 12.7. The summed E-state index contributed by atoms with van der Waals surface area (Å²) in [6, 6.07) is 3.65. The molecule has 1 aliphatic heterocycles. The molecule has 23 heavy (non-hydrogen) atoms. The molecular formula is C16H21N5O2. The van der Waals surface area contributed by atoms with Crippen molar-refractivity contribution >= 4 is 5.91 Å². The molecule has 0 bridgehead atoms. The van der Waals surface area contributed by atoms with Gasteiger partial charge >= 0.3 is 5.69 Å².